The molecule has 2 aliphatic rings. The molecule has 1 aliphatic heterocycles. The van der Waals surface area contributed by atoms with Crippen LogP contribution in [0.15, 0.2) is 18.2 Å². The van der Waals surface area contributed by atoms with E-state index < -0.39 is 0 Å². The van der Waals surface area contributed by atoms with Crippen molar-refractivity contribution >= 4 is 41.5 Å². The van der Waals surface area contributed by atoms with Crippen molar-refractivity contribution < 1.29 is 4.79 Å². The predicted octanol–water partition coefficient (Wildman–Crippen LogP) is 3.78. The van der Waals surface area contributed by atoms with Crippen LogP contribution >= 0.6 is 35.6 Å². The summed E-state index contributed by atoms with van der Waals surface area (Å²) in [5.74, 6) is 0.566. The van der Waals surface area contributed by atoms with Gasteiger partial charge in [0.1, 0.15) is 0 Å². The van der Waals surface area contributed by atoms with E-state index in [2.05, 4.69) is 17.6 Å². The fourth-order valence-corrected chi connectivity index (χ4v) is 3.47. The smallest absolute Gasteiger partial charge is 0.223 e. The van der Waals surface area contributed by atoms with E-state index in [4.69, 9.17) is 23.2 Å². The number of hydrogen-bond acceptors (Lipinski definition) is 2. The van der Waals surface area contributed by atoms with E-state index >= 15 is 0 Å². The van der Waals surface area contributed by atoms with Crippen LogP contribution in [0.5, 0.6) is 0 Å². The van der Waals surface area contributed by atoms with Crippen LogP contribution < -0.4 is 10.6 Å². The maximum atomic E-state index is 12.3. The highest BCUT2D eigenvalue weighted by Gasteiger charge is 2.44. The third-order valence-corrected chi connectivity index (χ3v) is 5.21. The molecule has 4 unspecified atom stereocenters. The standard InChI is InChI=1S/C16H20Cl2N2O.ClH/c1-9-6-11(4-5-19-9)20-16(21)13-8-12(13)10-2-3-14(17)15(18)7-10;/h2-3,7,9,11-13,19H,4-6,8H2,1H3,(H,20,21);1H. The van der Waals surface area contributed by atoms with Gasteiger partial charge in [0.15, 0.2) is 0 Å². The molecule has 1 aromatic rings. The zero-order valence-electron chi connectivity index (χ0n) is 12.4. The molecule has 1 aliphatic carbocycles. The minimum atomic E-state index is 0. The van der Waals surface area contributed by atoms with Crippen molar-refractivity contribution in [2.75, 3.05) is 6.54 Å². The van der Waals surface area contributed by atoms with E-state index in [-0.39, 0.29) is 24.2 Å². The van der Waals surface area contributed by atoms with Gasteiger partial charge in [-0.1, -0.05) is 29.3 Å². The quantitative estimate of drug-likeness (QED) is 0.858. The number of carbonyl (C=O) groups excluding carboxylic acids is 1. The van der Waals surface area contributed by atoms with Crippen molar-refractivity contribution in [1.82, 2.24) is 10.6 Å². The number of nitrogens with one attached hydrogen (secondary N) is 2. The lowest BCUT2D eigenvalue weighted by Crippen LogP contribution is -2.47. The molecule has 2 N–H and O–H groups in total. The highest BCUT2D eigenvalue weighted by molar-refractivity contribution is 6.42. The van der Waals surface area contributed by atoms with Gasteiger partial charge in [-0.15, -0.1) is 12.4 Å². The number of piperidine rings is 1. The number of hydrogen-bond donors (Lipinski definition) is 2. The first-order valence-electron chi connectivity index (χ1n) is 7.53. The number of amides is 1. The predicted molar refractivity (Wildman–Crippen MR) is 93.2 cm³/mol. The van der Waals surface area contributed by atoms with E-state index in [1.165, 1.54) is 0 Å². The molecule has 2 fully saturated rings. The number of rotatable bonds is 3. The Labute approximate surface area is 147 Å². The highest BCUT2D eigenvalue weighted by atomic mass is 35.5. The monoisotopic (exact) mass is 362 g/mol. The maximum absolute atomic E-state index is 12.3. The molecule has 22 heavy (non-hydrogen) atoms. The van der Waals surface area contributed by atoms with Crippen molar-refractivity contribution in [3.63, 3.8) is 0 Å². The van der Waals surface area contributed by atoms with Gasteiger partial charge in [0, 0.05) is 18.0 Å². The molecule has 1 saturated carbocycles. The molecule has 0 spiro atoms. The molecule has 3 nitrogen and oxygen atoms in total. The first-order chi connectivity index (χ1) is 10.0. The van der Waals surface area contributed by atoms with Crippen molar-refractivity contribution in [1.29, 1.82) is 0 Å². The third kappa shape index (κ3) is 4.08. The number of benzene rings is 1. The van der Waals surface area contributed by atoms with Gasteiger partial charge in [-0.3, -0.25) is 4.79 Å². The summed E-state index contributed by atoms with van der Waals surface area (Å²) in [6, 6.07) is 6.45. The summed E-state index contributed by atoms with van der Waals surface area (Å²) in [6.07, 6.45) is 2.93. The Morgan fingerprint density at radius 2 is 2.05 bits per heavy atom. The van der Waals surface area contributed by atoms with Gasteiger partial charge < -0.3 is 10.6 Å². The zero-order chi connectivity index (χ0) is 15.0. The molecule has 122 valence electrons. The van der Waals surface area contributed by atoms with E-state index in [0.717, 1.165) is 31.4 Å². The minimum Gasteiger partial charge on any atom is -0.353 e. The molecule has 1 heterocycles. The zero-order valence-corrected chi connectivity index (χ0v) is 14.8. The summed E-state index contributed by atoms with van der Waals surface area (Å²) in [4.78, 5) is 12.3. The molecule has 3 rings (SSSR count). The molecule has 1 saturated heterocycles. The summed E-state index contributed by atoms with van der Waals surface area (Å²) in [6.45, 7) is 3.14. The van der Waals surface area contributed by atoms with E-state index in [1.807, 2.05) is 12.1 Å². The van der Waals surface area contributed by atoms with Crippen LogP contribution in [0.3, 0.4) is 0 Å². The third-order valence-electron chi connectivity index (χ3n) is 4.47. The fourth-order valence-electron chi connectivity index (χ4n) is 3.17. The van der Waals surface area contributed by atoms with Gasteiger partial charge in [0.25, 0.3) is 0 Å². The van der Waals surface area contributed by atoms with Crippen LogP contribution in [0.4, 0.5) is 0 Å². The second-order valence-corrected chi connectivity index (χ2v) is 7.02. The van der Waals surface area contributed by atoms with Gasteiger partial charge in [-0.2, -0.15) is 0 Å². The molecule has 1 amide bonds. The first-order valence-corrected chi connectivity index (χ1v) is 8.29. The molecule has 0 bridgehead atoms. The molecular weight excluding hydrogens is 343 g/mol. The van der Waals surface area contributed by atoms with Gasteiger partial charge in [0.05, 0.1) is 10.0 Å². The Balaban J connectivity index is 0.00000176. The van der Waals surface area contributed by atoms with Crippen LogP contribution in [-0.4, -0.2) is 24.5 Å². The van der Waals surface area contributed by atoms with E-state index in [0.29, 0.717) is 28.0 Å². The average Bonchev–Trinajstić information content (AvgIpc) is 3.22. The fraction of sp³-hybridized carbons (Fsp3) is 0.562. The molecule has 0 aromatic heterocycles. The van der Waals surface area contributed by atoms with E-state index in [1.54, 1.807) is 6.07 Å². The lowest BCUT2D eigenvalue weighted by Gasteiger charge is -2.28. The van der Waals surface area contributed by atoms with Crippen LogP contribution in [-0.2, 0) is 4.79 Å². The molecule has 0 radical (unpaired) electrons. The van der Waals surface area contributed by atoms with Gasteiger partial charge >= 0.3 is 0 Å². The van der Waals surface area contributed by atoms with Gasteiger partial charge in [-0.05, 0) is 56.3 Å². The van der Waals surface area contributed by atoms with Gasteiger partial charge in [0.2, 0.25) is 5.91 Å². The first kappa shape index (κ1) is 17.9. The van der Waals surface area contributed by atoms with Crippen LogP contribution in [0.25, 0.3) is 0 Å². The second kappa shape index (κ2) is 7.39. The van der Waals surface area contributed by atoms with Crippen LogP contribution in [0.2, 0.25) is 10.0 Å². The van der Waals surface area contributed by atoms with Crippen LogP contribution in [0, 0.1) is 5.92 Å². The lowest BCUT2D eigenvalue weighted by molar-refractivity contribution is -0.123. The topological polar surface area (TPSA) is 41.1 Å². The van der Waals surface area contributed by atoms with Crippen molar-refractivity contribution in [3.05, 3.63) is 33.8 Å². The lowest BCUT2D eigenvalue weighted by atomic mass is 10.0. The number of carbonyl (C=O) groups is 1. The Kier molecular flexibility index (Phi) is 6.00. The summed E-state index contributed by atoms with van der Waals surface area (Å²) in [7, 11) is 0. The largest absolute Gasteiger partial charge is 0.353 e. The Morgan fingerprint density at radius 3 is 2.73 bits per heavy atom. The molecule has 1 aromatic carbocycles. The Bertz CT molecular complexity index is 552. The summed E-state index contributed by atoms with van der Waals surface area (Å²) in [5, 5.41) is 7.72. The highest BCUT2D eigenvalue weighted by Crippen LogP contribution is 2.48. The second-order valence-electron chi connectivity index (χ2n) is 6.21. The molecular formula is C16H21Cl3N2O. The number of halogens is 3. The van der Waals surface area contributed by atoms with E-state index in [9.17, 15) is 4.79 Å². The molecule has 6 heteroatoms. The average molecular weight is 364 g/mol. The van der Waals surface area contributed by atoms with Crippen molar-refractivity contribution in [3.8, 4) is 0 Å². The Hall–Kier alpha value is -0.480. The normalized spacial score (nSPS) is 30.3. The summed E-state index contributed by atoms with van der Waals surface area (Å²) in [5.41, 5.74) is 1.11. The summed E-state index contributed by atoms with van der Waals surface area (Å²) >= 11 is 12.0. The van der Waals surface area contributed by atoms with Gasteiger partial charge in [-0.25, -0.2) is 0 Å². The molecule has 4 atom stereocenters. The SMILES string of the molecule is CC1CC(NC(=O)C2CC2c2ccc(Cl)c(Cl)c2)CCN1.Cl. The van der Waals surface area contributed by atoms with Crippen molar-refractivity contribution in [2.45, 2.75) is 44.2 Å². The Morgan fingerprint density at radius 1 is 1.27 bits per heavy atom. The maximum Gasteiger partial charge on any atom is 0.223 e. The van der Waals surface area contributed by atoms with Crippen molar-refractivity contribution in [2.24, 2.45) is 5.92 Å². The minimum absolute atomic E-state index is 0. The summed E-state index contributed by atoms with van der Waals surface area (Å²) < 4.78 is 0. The van der Waals surface area contributed by atoms with Crippen LogP contribution in [0.1, 0.15) is 37.7 Å².